The van der Waals surface area contributed by atoms with Crippen LogP contribution in [0.2, 0.25) is 0 Å². The topological polar surface area (TPSA) is 56.4 Å². The standard InChI is InChI=1S/C22H34N4O/c1-22(10-5-11-23-16-22)21(27)26-12-8-18(9-13-26)20-19(15-24-25-20)14-17-6-3-2-4-7-17/h2-4,6-7,18-20,23-25H,5,8-16H2,1H3. The van der Waals surface area contributed by atoms with Gasteiger partial charge in [-0.25, -0.2) is 0 Å². The number of carbonyl (C=O) groups excluding carboxylic acids is 1. The van der Waals surface area contributed by atoms with E-state index >= 15 is 0 Å². The molecule has 3 fully saturated rings. The van der Waals surface area contributed by atoms with Crippen molar-refractivity contribution in [2.24, 2.45) is 17.3 Å². The number of hydrogen-bond acceptors (Lipinski definition) is 4. The van der Waals surface area contributed by atoms with Crippen molar-refractivity contribution < 1.29 is 4.79 Å². The van der Waals surface area contributed by atoms with E-state index in [-0.39, 0.29) is 5.41 Å². The smallest absolute Gasteiger partial charge is 0.229 e. The van der Waals surface area contributed by atoms with Crippen LogP contribution in [0.5, 0.6) is 0 Å². The molecule has 148 valence electrons. The highest BCUT2D eigenvalue weighted by molar-refractivity contribution is 5.82. The van der Waals surface area contributed by atoms with Crippen LogP contribution in [-0.2, 0) is 11.2 Å². The summed E-state index contributed by atoms with van der Waals surface area (Å²) in [5.74, 6) is 1.64. The van der Waals surface area contributed by atoms with Crippen LogP contribution in [0.3, 0.4) is 0 Å². The van der Waals surface area contributed by atoms with Crippen molar-refractivity contribution in [3.05, 3.63) is 35.9 Å². The summed E-state index contributed by atoms with van der Waals surface area (Å²) in [5.41, 5.74) is 8.16. The summed E-state index contributed by atoms with van der Waals surface area (Å²) >= 11 is 0. The molecule has 3 saturated heterocycles. The number of rotatable bonds is 4. The van der Waals surface area contributed by atoms with E-state index < -0.39 is 0 Å². The molecule has 3 aliphatic rings. The molecule has 0 spiro atoms. The minimum Gasteiger partial charge on any atom is -0.342 e. The van der Waals surface area contributed by atoms with Crippen LogP contribution in [0.1, 0.15) is 38.2 Å². The first-order valence-corrected chi connectivity index (χ1v) is 10.7. The number of benzene rings is 1. The van der Waals surface area contributed by atoms with E-state index in [0.29, 0.717) is 23.8 Å². The van der Waals surface area contributed by atoms with Crippen LogP contribution in [0.25, 0.3) is 0 Å². The van der Waals surface area contributed by atoms with Gasteiger partial charge in [-0.15, -0.1) is 0 Å². The Balaban J connectivity index is 1.32. The Morgan fingerprint density at radius 1 is 1.22 bits per heavy atom. The van der Waals surface area contributed by atoms with Crippen LogP contribution in [-0.4, -0.2) is 49.6 Å². The predicted molar refractivity (Wildman–Crippen MR) is 108 cm³/mol. The highest BCUT2D eigenvalue weighted by atomic mass is 16.2. The molecular formula is C22H34N4O. The molecule has 1 aromatic rings. The maximum atomic E-state index is 13.1. The Labute approximate surface area is 163 Å². The number of likely N-dealkylation sites (tertiary alicyclic amines) is 1. The van der Waals surface area contributed by atoms with Gasteiger partial charge in [0.15, 0.2) is 0 Å². The lowest BCUT2D eigenvalue weighted by Gasteiger charge is -2.42. The predicted octanol–water partition coefficient (Wildman–Crippen LogP) is 1.95. The molecule has 0 aromatic heterocycles. The zero-order valence-electron chi connectivity index (χ0n) is 16.5. The van der Waals surface area contributed by atoms with Gasteiger partial charge in [-0.1, -0.05) is 30.3 Å². The van der Waals surface area contributed by atoms with Crippen molar-refractivity contribution in [3.63, 3.8) is 0 Å². The fraction of sp³-hybridized carbons (Fsp3) is 0.682. The molecular weight excluding hydrogens is 336 g/mol. The van der Waals surface area contributed by atoms with Gasteiger partial charge < -0.3 is 10.2 Å². The highest BCUT2D eigenvalue weighted by Crippen LogP contribution is 2.32. The summed E-state index contributed by atoms with van der Waals surface area (Å²) in [7, 11) is 0. The molecule has 3 atom stereocenters. The van der Waals surface area contributed by atoms with Crippen molar-refractivity contribution in [1.82, 2.24) is 21.1 Å². The van der Waals surface area contributed by atoms with Gasteiger partial charge in [0.2, 0.25) is 5.91 Å². The third-order valence-corrected chi connectivity index (χ3v) is 6.93. The first-order chi connectivity index (χ1) is 13.2. The van der Waals surface area contributed by atoms with Crippen molar-refractivity contribution in [3.8, 4) is 0 Å². The van der Waals surface area contributed by atoms with Gasteiger partial charge in [0, 0.05) is 32.2 Å². The molecule has 0 bridgehead atoms. The van der Waals surface area contributed by atoms with E-state index in [1.54, 1.807) is 0 Å². The van der Waals surface area contributed by atoms with E-state index in [1.165, 1.54) is 5.56 Å². The maximum Gasteiger partial charge on any atom is 0.229 e. The zero-order valence-corrected chi connectivity index (χ0v) is 16.5. The van der Waals surface area contributed by atoms with Crippen LogP contribution >= 0.6 is 0 Å². The molecule has 3 N–H and O–H groups in total. The van der Waals surface area contributed by atoms with Crippen molar-refractivity contribution in [2.45, 2.75) is 45.1 Å². The lowest BCUT2D eigenvalue weighted by atomic mass is 9.78. The van der Waals surface area contributed by atoms with Gasteiger partial charge >= 0.3 is 0 Å². The van der Waals surface area contributed by atoms with Gasteiger partial charge in [0.1, 0.15) is 0 Å². The Hall–Kier alpha value is -1.43. The summed E-state index contributed by atoms with van der Waals surface area (Å²) in [6, 6.07) is 11.3. The Kier molecular flexibility index (Phi) is 5.81. The third kappa shape index (κ3) is 4.20. The van der Waals surface area contributed by atoms with Crippen LogP contribution in [0.4, 0.5) is 0 Å². The van der Waals surface area contributed by atoms with E-state index in [2.05, 4.69) is 58.3 Å². The SMILES string of the molecule is CC1(C(=O)N2CCC(C3NNCC3Cc3ccccc3)CC2)CCCNC1. The van der Waals surface area contributed by atoms with Crippen LogP contribution in [0.15, 0.2) is 30.3 Å². The minimum atomic E-state index is -0.200. The lowest BCUT2D eigenvalue weighted by molar-refractivity contribution is -0.143. The number of amides is 1. The molecule has 0 aliphatic carbocycles. The van der Waals surface area contributed by atoms with Gasteiger partial charge in [-0.05, 0) is 63.0 Å². The van der Waals surface area contributed by atoms with Gasteiger partial charge in [0.25, 0.3) is 0 Å². The van der Waals surface area contributed by atoms with Gasteiger partial charge in [-0.3, -0.25) is 15.6 Å². The first kappa shape index (κ1) is 18.9. The number of piperidine rings is 2. The molecule has 5 nitrogen and oxygen atoms in total. The summed E-state index contributed by atoms with van der Waals surface area (Å²) in [6.07, 6.45) is 5.47. The molecule has 3 unspecified atom stereocenters. The number of carbonyl (C=O) groups is 1. The molecule has 0 radical (unpaired) electrons. The molecule has 1 aromatic carbocycles. The second-order valence-corrected chi connectivity index (χ2v) is 8.97. The average Bonchev–Trinajstić information content (AvgIpc) is 3.17. The quantitative estimate of drug-likeness (QED) is 0.758. The number of hydrogen-bond donors (Lipinski definition) is 3. The third-order valence-electron chi connectivity index (χ3n) is 6.93. The van der Waals surface area contributed by atoms with E-state index in [0.717, 1.165) is 64.8 Å². The number of nitrogens with zero attached hydrogens (tertiary/aromatic N) is 1. The molecule has 4 rings (SSSR count). The molecule has 3 aliphatic heterocycles. The molecule has 5 heteroatoms. The van der Waals surface area contributed by atoms with E-state index in [9.17, 15) is 4.79 Å². The summed E-state index contributed by atoms with van der Waals surface area (Å²) < 4.78 is 0. The highest BCUT2D eigenvalue weighted by Gasteiger charge is 2.41. The molecule has 27 heavy (non-hydrogen) atoms. The fourth-order valence-electron chi connectivity index (χ4n) is 5.25. The monoisotopic (exact) mass is 370 g/mol. The lowest BCUT2D eigenvalue weighted by Crippen LogP contribution is -2.53. The maximum absolute atomic E-state index is 13.1. The van der Waals surface area contributed by atoms with Crippen molar-refractivity contribution >= 4 is 5.91 Å². The van der Waals surface area contributed by atoms with E-state index in [1.807, 2.05) is 0 Å². The Bertz CT molecular complexity index is 620. The molecule has 3 heterocycles. The van der Waals surface area contributed by atoms with E-state index in [4.69, 9.17) is 0 Å². The summed E-state index contributed by atoms with van der Waals surface area (Å²) in [4.78, 5) is 15.2. The number of nitrogens with one attached hydrogen (secondary N) is 3. The Morgan fingerprint density at radius 3 is 2.70 bits per heavy atom. The second-order valence-electron chi connectivity index (χ2n) is 8.97. The first-order valence-electron chi connectivity index (χ1n) is 10.7. The Morgan fingerprint density at radius 2 is 2.00 bits per heavy atom. The normalized spacial score (nSPS) is 32.6. The van der Waals surface area contributed by atoms with Gasteiger partial charge in [0.05, 0.1) is 5.41 Å². The largest absolute Gasteiger partial charge is 0.342 e. The second kappa shape index (κ2) is 8.29. The molecule has 1 amide bonds. The summed E-state index contributed by atoms with van der Waals surface area (Å²) in [5, 5.41) is 3.41. The average molecular weight is 371 g/mol. The van der Waals surface area contributed by atoms with Crippen molar-refractivity contribution in [1.29, 1.82) is 0 Å². The number of hydrazine groups is 1. The minimum absolute atomic E-state index is 0.200. The van der Waals surface area contributed by atoms with Gasteiger partial charge in [-0.2, -0.15) is 0 Å². The van der Waals surface area contributed by atoms with Crippen LogP contribution in [0, 0.1) is 17.3 Å². The summed E-state index contributed by atoms with van der Waals surface area (Å²) in [6.45, 7) is 6.88. The van der Waals surface area contributed by atoms with Crippen LogP contribution < -0.4 is 16.2 Å². The van der Waals surface area contributed by atoms with Crippen molar-refractivity contribution in [2.75, 3.05) is 32.7 Å². The molecule has 0 saturated carbocycles. The fourth-order valence-corrected chi connectivity index (χ4v) is 5.25. The zero-order chi connectivity index (χ0) is 18.7.